The third kappa shape index (κ3) is 2.67. The fourth-order valence-electron chi connectivity index (χ4n) is 1.78. The van der Waals surface area contributed by atoms with Crippen molar-refractivity contribution >= 4 is 11.5 Å². The molecule has 0 aliphatic carbocycles. The maximum absolute atomic E-state index is 11.2. The van der Waals surface area contributed by atoms with Crippen LogP contribution in [0, 0.1) is 10.1 Å². The molecular weight excluding hydrogens is 252 g/mol. The second kappa shape index (κ2) is 5.42. The molecule has 10 heteroatoms. The topological polar surface area (TPSA) is 127 Å². The van der Waals surface area contributed by atoms with E-state index in [9.17, 15) is 10.1 Å². The number of anilines is 1. The maximum atomic E-state index is 11.2. The van der Waals surface area contributed by atoms with Gasteiger partial charge in [0.15, 0.2) is 5.82 Å². The highest BCUT2D eigenvalue weighted by molar-refractivity contribution is 5.59. The van der Waals surface area contributed by atoms with Crippen molar-refractivity contribution < 1.29 is 4.92 Å². The summed E-state index contributed by atoms with van der Waals surface area (Å²) in [7, 11) is 1.66. The summed E-state index contributed by atoms with van der Waals surface area (Å²) >= 11 is 0. The van der Waals surface area contributed by atoms with Gasteiger partial charge in [0.2, 0.25) is 5.82 Å². The molecule has 10 nitrogen and oxygen atoms in total. The van der Waals surface area contributed by atoms with Crippen LogP contribution in [0.5, 0.6) is 0 Å². The van der Waals surface area contributed by atoms with Crippen molar-refractivity contribution in [2.75, 3.05) is 5.32 Å². The highest BCUT2D eigenvalue weighted by atomic mass is 16.6. The van der Waals surface area contributed by atoms with E-state index in [0.717, 1.165) is 6.42 Å². The fraction of sp³-hybridized carbons (Fsp3) is 0.556. The molecule has 19 heavy (non-hydrogen) atoms. The summed E-state index contributed by atoms with van der Waals surface area (Å²) in [6, 6.07) is 0. The second-order valence-corrected chi connectivity index (χ2v) is 3.96. The number of hydrogen-bond acceptors (Lipinski definition) is 7. The van der Waals surface area contributed by atoms with Gasteiger partial charge in [0, 0.05) is 7.05 Å². The van der Waals surface area contributed by atoms with E-state index in [1.807, 2.05) is 6.92 Å². The van der Waals surface area contributed by atoms with E-state index in [1.54, 1.807) is 7.05 Å². The molecule has 0 bridgehead atoms. The largest absolute Gasteiger partial charge is 0.357 e. The number of H-pyrrole nitrogens is 1. The lowest BCUT2D eigenvalue weighted by Gasteiger charge is -2.02. The zero-order chi connectivity index (χ0) is 13.8. The van der Waals surface area contributed by atoms with Gasteiger partial charge in [-0.3, -0.25) is 10.1 Å². The minimum Gasteiger partial charge on any atom is -0.357 e. The summed E-state index contributed by atoms with van der Waals surface area (Å²) < 4.78 is 1.46. The molecule has 0 saturated carbocycles. The van der Waals surface area contributed by atoms with Crippen molar-refractivity contribution in [1.29, 1.82) is 0 Å². The predicted octanol–water partition coefficient (Wildman–Crippen LogP) is 0.406. The Balaban J connectivity index is 2.25. The minimum atomic E-state index is -0.420. The molecule has 0 radical (unpaired) electrons. The predicted molar refractivity (Wildman–Crippen MR) is 65.4 cm³/mol. The molecule has 0 unspecified atom stereocenters. The van der Waals surface area contributed by atoms with Gasteiger partial charge in [0.05, 0.1) is 11.5 Å². The van der Waals surface area contributed by atoms with Crippen LogP contribution in [0.15, 0.2) is 0 Å². The van der Waals surface area contributed by atoms with Crippen LogP contribution in [0.4, 0.5) is 11.5 Å². The van der Waals surface area contributed by atoms with E-state index < -0.39 is 4.92 Å². The van der Waals surface area contributed by atoms with Crippen molar-refractivity contribution in [2.45, 2.75) is 26.3 Å². The van der Waals surface area contributed by atoms with E-state index >= 15 is 0 Å². The van der Waals surface area contributed by atoms with Crippen LogP contribution in [0.1, 0.15) is 24.9 Å². The van der Waals surface area contributed by atoms with Gasteiger partial charge in [-0.2, -0.15) is 10.3 Å². The standard InChI is InChI=1S/C9H14N8O2/c1-3-4-6-8(17(18)19)9(16(2)13-6)10-5-7-11-14-15-12-7/h10H,3-5H2,1-2H3,(H,11,12,14,15). The smallest absolute Gasteiger partial charge is 0.334 e. The van der Waals surface area contributed by atoms with Crippen LogP contribution < -0.4 is 5.32 Å². The number of aryl methyl sites for hydroxylation is 2. The van der Waals surface area contributed by atoms with E-state index in [1.165, 1.54) is 4.68 Å². The molecule has 2 aromatic heterocycles. The lowest BCUT2D eigenvalue weighted by Crippen LogP contribution is -2.07. The van der Waals surface area contributed by atoms with Crippen LogP contribution in [-0.4, -0.2) is 35.3 Å². The molecular formula is C9H14N8O2. The molecule has 102 valence electrons. The van der Waals surface area contributed by atoms with E-state index in [4.69, 9.17) is 0 Å². The summed E-state index contributed by atoms with van der Waals surface area (Å²) in [4.78, 5) is 10.7. The monoisotopic (exact) mass is 266 g/mol. The van der Waals surface area contributed by atoms with Gasteiger partial charge in [0.1, 0.15) is 5.69 Å². The van der Waals surface area contributed by atoms with Gasteiger partial charge in [-0.25, -0.2) is 4.68 Å². The Bertz CT molecular complexity index is 561. The maximum Gasteiger partial charge on any atom is 0.334 e. The zero-order valence-corrected chi connectivity index (χ0v) is 10.6. The Hall–Kier alpha value is -2.52. The highest BCUT2D eigenvalue weighted by Crippen LogP contribution is 2.29. The van der Waals surface area contributed by atoms with Gasteiger partial charge in [0.25, 0.3) is 0 Å². The summed E-state index contributed by atoms with van der Waals surface area (Å²) in [6.07, 6.45) is 1.36. The first kappa shape index (κ1) is 12.9. The SMILES string of the molecule is CCCc1nn(C)c(NCc2nn[nH]n2)c1[N+](=O)[O-]. The Kier molecular flexibility index (Phi) is 3.68. The normalized spacial score (nSPS) is 10.6. The first-order valence-corrected chi connectivity index (χ1v) is 5.80. The second-order valence-electron chi connectivity index (χ2n) is 3.96. The fourth-order valence-corrected chi connectivity index (χ4v) is 1.78. The quantitative estimate of drug-likeness (QED) is 0.572. The third-order valence-electron chi connectivity index (χ3n) is 2.56. The van der Waals surface area contributed by atoms with Gasteiger partial charge >= 0.3 is 5.69 Å². The number of rotatable bonds is 6. The van der Waals surface area contributed by atoms with Crippen molar-refractivity contribution in [3.63, 3.8) is 0 Å². The molecule has 0 amide bonds. The molecule has 0 spiro atoms. The Morgan fingerprint density at radius 1 is 1.53 bits per heavy atom. The molecule has 0 aliphatic rings. The first-order chi connectivity index (χ1) is 9.13. The summed E-state index contributed by atoms with van der Waals surface area (Å²) in [5, 5.41) is 31.5. The van der Waals surface area contributed by atoms with E-state index in [-0.39, 0.29) is 12.2 Å². The van der Waals surface area contributed by atoms with Crippen LogP contribution in [-0.2, 0) is 20.0 Å². The molecule has 2 aromatic rings. The van der Waals surface area contributed by atoms with Crippen molar-refractivity contribution in [2.24, 2.45) is 7.05 Å². The average Bonchev–Trinajstić information content (AvgIpc) is 2.95. The number of tetrazole rings is 1. The number of aromatic amines is 1. The summed E-state index contributed by atoms with van der Waals surface area (Å²) in [5.41, 5.74) is 0.485. The molecule has 0 aromatic carbocycles. The van der Waals surface area contributed by atoms with Gasteiger partial charge in [-0.05, 0) is 6.42 Å². The summed E-state index contributed by atoms with van der Waals surface area (Å²) in [6.45, 7) is 2.19. The summed E-state index contributed by atoms with van der Waals surface area (Å²) in [5.74, 6) is 0.769. The molecule has 0 saturated heterocycles. The zero-order valence-electron chi connectivity index (χ0n) is 10.6. The lowest BCUT2D eigenvalue weighted by atomic mass is 10.2. The Labute approximate surface area is 108 Å². The number of hydrogen-bond donors (Lipinski definition) is 2. The van der Waals surface area contributed by atoms with E-state index in [2.05, 4.69) is 31.0 Å². The Morgan fingerprint density at radius 2 is 2.32 bits per heavy atom. The number of aromatic nitrogens is 6. The van der Waals surface area contributed by atoms with E-state index in [0.29, 0.717) is 23.8 Å². The number of nitrogens with zero attached hydrogens (tertiary/aromatic N) is 6. The highest BCUT2D eigenvalue weighted by Gasteiger charge is 2.26. The molecule has 0 atom stereocenters. The molecule has 0 aliphatic heterocycles. The minimum absolute atomic E-state index is 0.00726. The van der Waals surface area contributed by atoms with Gasteiger partial charge < -0.3 is 5.32 Å². The first-order valence-electron chi connectivity index (χ1n) is 5.80. The Morgan fingerprint density at radius 3 is 2.89 bits per heavy atom. The van der Waals surface area contributed by atoms with Crippen LogP contribution in [0.25, 0.3) is 0 Å². The van der Waals surface area contributed by atoms with Crippen molar-refractivity contribution in [3.8, 4) is 0 Å². The van der Waals surface area contributed by atoms with Gasteiger partial charge in [-0.15, -0.1) is 10.2 Å². The average molecular weight is 266 g/mol. The van der Waals surface area contributed by atoms with Crippen molar-refractivity contribution in [3.05, 3.63) is 21.6 Å². The molecule has 2 heterocycles. The van der Waals surface area contributed by atoms with Crippen molar-refractivity contribution in [1.82, 2.24) is 30.4 Å². The molecule has 0 fully saturated rings. The number of nitro groups is 1. The number of nitrogens with one attached hydrogen (secondary N) is 2. The van der Waals surface area contributed by atoms with Crippen LogP contribution in [0.2, 0.25) is 0 Å². The van der Waals surface area contributed by atoms with Crippen LogP contribution >= 0.6 is 0 Å². The third-order valence-corrected chi connectivity index (χ3v) is 2.56. The molecule has 2 N–H and O–H groups in total. The molecule has 2 rings (SSSR count). The lowest BCUT2D eigenvalue weighted by molar-refractivity contribution is -0.384. The van der Waals surface area contributed by atoms with Gasteiger partial charge in [-0.1, -0.05) is 18.6 Å². The van der Waals surface area contributed by atoms with Crippen LogP contribution in [0.3, 0.4) is 0 Å².